The van der Waals surface area contributed by atoms with Crippen molar-refractivity contribution in [3.63, 3.8) is 0 Å². The molecule has 1 heterocycles. The maximum atomic E-state index is 11.1. The van der Waals surface area contributed by atoms with Crippen LogP contribution in [0.15, 0.2) is 0 Å². The van der Waals surface area contributed by atoms with Crippen LogP contribution in [0.4, 0.5) is 0 Å². The highest BCUT2D eigenvalue weighted by Gasteiger charge is 2.29. The summed E-state index contributed by atoms with van der Waals surface area (Å²) in [6, 6.07) is 0. The van der Waals surface area contributed by atoms with E-state index >= 15 is 0 Å². The first-order chi connectivity index (χ1) is 8.43. The van der Waals surface area contributed by atoms with Gasteiger partial charge in [0, 0.05) is 12.0 Å². The van der Waals surface area contributed by atoms with Crippen LogP contribution in [0.1, 0.15) is 42.9 Å². The molecule has 0 saturated heterocycles. The van der Waals surface area contributed by atoms with Gasteiger partial charge in [-0.2, -0.15) is 0 Å². The van der Waals surface area contributed by atoms with Crippen LogP contribution in [0.3, 0.4) is 0 Å². The molecule has 2 rings (SSSR count). The number of carbonyl (C=O) groups is 1. The lowest BCUT2D eigenvalue weighted by atomic mass is 9.95. The van der Waals surface area contributed by atoms with Crippen molar-refractivity contribution in [2.75, 3.05) is 6.61 Å². The second kappa shape index (κ2) is 4.68. The molecule has 6 nitrogen and oxygen atoms in total. The monoisotopic (exact) mass is 253 g/mol. The zero-order chi connectivity index (χ0) is 13.3. The van der Waals surface area contributed by atoms with Crippen molar-refractivity contribution in [1.82, 2.24) is 15.0 Å². The largest absolute Gasteiger partial charge is 0.476 e. The van der Waals surface area contributed by atoms with Crippen LogP contribution in [0, 0.1) is 11.3 Å². The molecular weight excluding hydrogens is 234 g/mol. The average Bonchev–Trinajstić information content (AvgIpc) is 3.02. The third-order valence-electron chi connectivity index (χ3n) is 3.22. The van der Waals surface area contributed by atoms with Crippen LogP contribution in [0.2, 0.25) is 0 Å². The predicted molar refractivity (Wildman–Crippen MR) is 64.3 cm³/mol. The average molecular weight is 253 g/mol. The van der Waals surface area contributed by atoms with Crippen molar-refractivity contribution in [2.45, 2.75) is 39.7 Å². The van der Waals surface area contributed by atoms with Gasteiger partial charge in [0.05, 0.1) is 12.2 Å². The quantitative estimate of drug-likeness (QED) is 0.788. The number of aromatic carboxylic acids is 1. The van der Waals surface area contributed by atoms with Crippen molar-refractivity contribution < 1.29 is 15.0 Å². The van der Waals surface area contributed by atoms with Crippen LogP contribution >= 0.6 is 0 Å². The summed E-state index contributed by atoms with van der Waals surface area (Å²) in [7, 11) is 0. The number of hydrogen-bond acceptors (Lipinski definition) is 4. The molecule has 100 valence electrons. The highest BCUT2D eigenvalue weighted by atomic mass is 16.4. The van der Waals surface area contributed by atoms with Crippen LogP contribution < -0.4 is 0 Å². The van der Waals surface area contributed by atoms with Crippen LogP contribution in [-0.4, -0.2) is 37.8 Å². The molecule has 1 aliphatic rings. The lowest BCUT2D eigenvalue weighted by Gasteiger charge is -2.22. The first kappa shape index (κ1) is 13.0. The molecule has 6 heteroatoms. The third kappa shape index (κ3) is 2.87. The highest BCUT2D eigenvalue weighted by Crippen LogP contribution is 2.33. The number of nitrogens with zero attached hydrogens (tertiary/aromatic N) is 3. The van der Waals surface area contributed by atoms with Gasteiger partial charge in [0.25, 0.3) is 0 Å². The maximum absolute atomic E-state index is 11.1. The van der Waals surface area contributed by atoms with Gasteiger partial charge in [0.2, 0.25) is 0 Å². The number of aliphatic hydroxyl groups is 1. The minimum Gasteiger partial charge on any atom is -0.476 e. The molecule has 1 aromatic rings. The zero-order valence-electron chi connectivity index (χ0n) is 10.8. The van der Waals surface area contributed by atoms with Gasteiger partial charge in [-0.1, -0.05) is 19.1 Å². The van der Waals surface area contributed by atoms with Gasteiger partial charge in [-0.05, 0) is 25.2 Å². The molecule has 0 atom stereocenters. The van der Waals surface area contributed by atoms with Gasteiger partial charge < -0.3 is 10.2 Å². The molecule has 0 aromatic carbocycles. The Labute approximate surface area is 106 Å². The van der Waals surface area contributed by atoms with E-state index in [1.807, 2.05) is 13.8 Å². The second-order valence-electron chi connectivity index (χ2n) is 5.82. The number of carboxylic acids is 1. The molecule has 1 aromatic heterocycles. The van der Waals surface area contributed by atoms with Gasteiger partial charge in [-0.3, -0.25) is 0 Å². The van der Waals surface area contributed by atoms with Gasteiger partial charge in [0.1, 0.15) is 0 Å². The second-order valence-corrected chi connectivity index (χ2v) is 5.82. The zero-order valence-corrected chi connectivity index (χ0v) is 10.8. The molecule has 2 N–H and O–H groups in total. The maximum Gasteiger partial charge on any atom is 0.358 e. The fourth-order valence-electron chi connectivity index (χ4n) is 1.88. The summed E-state index contributed by atoms with van der Waals surface area (Å²) in [6.45, 7) is 4.33. The number of rotatable bonds is 6. The fraction of sp³-hybridized carbons (Fsp3) is 0.750. The van der Waals surface area contributed by atoms with Gasteiger partial charge in [-0.15, -0.1) is 5.10 Å². The summed E-state index contributed by atoms with van der Waals surface area (Å²) >= 11 is 0. The van der Waals surface area contributed by atoms with E-state index in [2.05, 4.69) is 10.3 Å². The molecule has 0 spiro atoms. The summed E-state index contributed by atoms with van der Waals surface area (Å²) in [4.78, 5) is 11.1. The number of aliphatic hydroxyl groups excluding tert-OH is 1. The third-order valence-corrected chi connectivity index (χ3v) is 3.22. The number of hydrogen-bond donors (Lipinski definition) is 2. The van der Waals surface area contributed by atoms with E-state index in [9.17, 15) is 9.90 Å². The van der Waals surface area contributed by atoms with E-state index in [0.29, 0.717) is 18.2 Å². The van der Waals surface area contributed by atoms with Crippen molar-refractivity contribution >= 4 is 5.97 Å². The normalized spacial score (nSPS) is 15.9. The summed E-state index contributed by atoms with van der Waals surface area (Å²) in [5.74, 6) is -0.462. The smallest absolute Gasteiger partial charge is 0.358 e. The molecular formula is C12H19N3O3. The van der Waals surface area contributed by atoms with Crippen molar-refractivity contribution in [2.24, 2.45) is 11.3 Å². The Bertz CT molecular complexity index is 449. The van der Waals surface area contributed by atoms with E-state index in [4.69, 9.17) is 5.11 Å². The van der Waals surface area contributed by atoms with E-state index in [0.717, 1.165) is 19.3 Å². The lowest BCUT2D eigenvalue weighted by Crippen LogP contribution is -2.26. The minimum absolute atomic E-state index is 0.0259. The Hall–Kier alpha value is -1.43. The molecule has 0 amide bonds. The van der Waals surface area contributed by atoms with Gasteiger partial charge >= 0.3 is 5.97 Å². The molecule has 1 aliphatic carbocycles. The Kier molecular flexibility index (Phi) is 3.38. The molecule has 0 unspecified atom stereocenters. The van der Waals surface area contributed by atoms with Crippen molar-refractivity contribution in [3.8, 4) is 0 Å². The molecule has 0 bridgehead atoms. The van der Waals surface area contributed by atoms with Crippen LogP contribution in [0.25, 0.3) is 0 Å². The number of aromatic nitrogens is 3. The Morgan fingerprint density at radius 1 is 1.50 bits per heavy atom. The molecule has 18 heavy (non-hydrogen) atoms. The van der Waals surface area contributed by atoms with Crippen molar-refractivity contribution in [1.29, 1.82) is 0 Å². The standard InChI is InChI=1S/C12H19N3O3/c1-12(2,7-16)6-15-9(5-8-3-4-8)10(11(17)18)13-14-15/h8,16H,3-7H2,1-2H3,(H,17,18). The predicted octanol–water partition coefficient (Wildman–Crippen LogP) is 0.947. The van der Waals surface area contributed by atoms with E-state index < -0.39 is 5.97 Å². The van der Waals surface area contributed by atoms with E-state index in [1.165, 1.54) is 0 Å². The Morgan fingerprint density at radius 2 is 2.17 bits per heavy atom. The summed E-state index contributed by atoms with van der Waals surface area (Å²) in [5, 5.41) is 26.1. The lowest BCUT2D eigenvalue weighted by molar-refractivity contribution is 0.0688. The van der Waals surface area contributed by atoms with E-state index in [-0.39, 0.29) is 17.7 Å². The summed E-state index contributed by atoms with van der Waals surface area (Å²) in [5.41, 5.74) is 0.407. The number of carboxylic acid groups (broad SMARTS) is 1. The first-order valence-corrected chi connectivity index (χ1v) is 6.19. The Morgan fingerprint density at radius 3 is 2.67 bits per heavy atom. The van der Waals surface area contributed by atoms with Gasteiger partial charge in [-0.25, -0.2) is 9.48 Å². The van der Waals surface area contributed by atoms with E-state index in [1.54, 1.807) is 4.68 Å². The topological polar surface area (TPSA) is 88.2 Å². The first-order valence-electron chi connectivity index (χ1n) is 6.19. The van der Waals surface area contributed by atoms with Crippen molar-refractivity contribution in [3.05, 3.63) is 11.4 Å². The summed E-state index contributed by atoms with van der Waals surface area (Å²) < 4.78 is 1.64. The molecule has 0 radical (unpaired) electrons. The summed E-state index contributed by atoms with van der Waals surface area (Å²) in [6.07, 6.45) is 3.01. The molecule has 0 aliphatic heterocycles. The highest BCUT2D eigenvalue weighted by molar-refractivity contribution is 5.86. The molecule has 1 saturated carbocycles. The Balaban J connectivity index is 2.25. The van der Waals surface area contributed by atoms with Crippen LogP contribution in [0.5, 0.6) is 0 Å². The fourth-order valence-corrected chi connectivity index (χ4v) is 1.88. The minimum atomic E-state index is -1.03. The SMILES string of the molecule is CC(C)(CO)Cn1nnc(C(=O)O)c1CC1CC1. The van der Waals surface area contributed by atoms with Crippen LogP contribution in [-0.2, 0) is 13.0 Å². The molecule has 1 fully saturated rings. The van der Waals surface area contributed by atoms with Gasteiger partial charge in [0.15, 0.2) is 5.69 Å².